The fourth-order valence-corrected chi connectivity index (χ4v) is 8.12. The Labute approximate surface area is 303 Å². The number of nitro groups is 2. The number of morpholine rings is 2. The number of carbonyl (C=O) groups is 1. The van der Waals surface area contributed by atoms with E-state index in [0.29, 0.717) is 39.3 Å². The Morgan fingerprint density at radius 3 is 1.46 bits per heavy atom. The number of nitrogens with zero attached hydrogens (tertiary/aromatic N) is 4. The van der Waals surface area contributed by atoms with Crippen molar-refractivity contribution in [3.8, 4) is 0 Å². The largest absolute Gasteiger partial charge is 0.378 e. The summed E-state index contributed by atoms with van der Waals surface area (Å²) in [6.45, 7) is 7.67. The molecule has 0 bridgehead atoms. The highest BCUT2D eigenvalue weighted by atomic mass is 16.6. The molecule has 2 aromatic carbocycles. The second-order valence-electron chi connectivity index (χ2n) is 14.2. The molecule has 0 N–H and O–H groups in total. The first-order valence-corrected chi connectivity index (χ1v) is 18.2. The SMILES string of the molecule is CC1C/C(=C/C2=C(N3CCOCC3)C(=C/c3cccc([N+](=O)[O-])c3)/CC2)C(=O)/C(=C\C2=C(N3CCOCC3)C(=C/c3cccc([N+](=O)[O-])c3)/CC2)C1. The van der Waals surface area contributed by atoms with Crippen LogP contribution in [-0.2, 0) is 14.3 Å². The Bertz CT molecular complexity index is 1820. The van der Waals surface area contributed by atoms with Crippen LogP contribution in [0.2, 0.25) is 0 Å². The zero-order valence-corrected chi connectivity index (χ0v) is 29.6. The van der Waals surface area contributed by atoms with Crippen LogP contribution in [0.3, 0.4) is 0 Å². The van der Waals surface area contributed by atoms with Gasteiger partial charge in [0.05, 0.1) is 36.3 Å². The predicted octanol–water partition coefficient (Wildman–Crippen LogP) is 7.58. The van der Waals surface area contributed by atoms with Gasteiger partial charge in [0.25, 0.3) is 11.4 Å². The van der Waals surface area contributed by atoms with Crippen LogP contribution in [0.4, 0.5) is 11.4 Å². The van der Waals surface area contributed by atoms with Crippen molar-refractivity contribution in [1.29, 1.82) is 0 Å². The molecule has 2 aliphatic heterocycles. The lowest BCUT2D eigenvalue weighted by Crippen LogP contribution is -2.36. The lowest BCUT2D eigenvalue weighted by atomic mass is 9.80. The van der Waals surface area contributed by atoms with Crippen LogP contribution in [0, 0.1) is 26.1 Å². The Morgan fingerprint density at radius 1 is 0.635 bits per heavy atom. The quantitative estimate of drug-likeness (QED) is 0.155. The predicted molar refractivity (Wildman–Crippen MR) is 199 cm³/mol. The molecule has 11 nitrogen and oxygen atoms in total. The molecule has 11 heteroatoms. The minimum absolute atomic E-state index is 0.0634. The van der Waals surface area contributed by atoms with Crippen molar-refractivity contribution in [3.05, 3.63) is 137 Å². The van der Waals surface area contributed by atoms with Gasteiger partial charge in [-0.3, -0.25) is 25.0 Å². The number of ketones is 1. The minimum atomic E-state index is -0.369. The van der Waals surface area contributed by atoms with E-state index < -0.39 is 0 Å². The fourth-order valence-electron chi connectivity index (χ4n) is 8.12. The fraction of sp³-hybridized carbons (Fsp3) is 0.390. The van der Waals surface area contributed by atoms with Crippen molar-refractivity contribution in [1.82, 2.24) is 9.80 Å². The van der Waals surface area contributed by atoms with E-state index in [2.05, 4.69) is 41.0 Å². The maximum atomic E-state index is 14.4. The molecule has 0 atom stereocenters. The number of Topliss-reactive ketones (excluding diaryl/α,β-unsaturated/α-hetero) is 1. The highest BCUT2D eigenvalue weighted by Gasteiger charge is 2.31. The van der Waals surface area contributed by atoms with E-state index in [-0.39, 0.29) is 32.9 Å². The summed E-state index contributed by atoms with van der Waals surface area (Å²) >= 11 is 0. The van der Waals surface area contributed by atoms with Gasteiger partial charge in [-0.1, -0.05) is 31.2 Å². The van der Waals surface area contributed by atoms with Crippen LogP contribution >= 0.6 is 0 Å². The van der Waals surface area contributed by atoms with Gasteiger partial charge in [-0.15, -0.1) is 0 Å². The zero-order chi connectivity index (χ0) is 36.2. The van der Waals surface area contributed by atoms with E-state index in [4.69, 9.17) is 9.47 Å². The third kappa shape index (κ3) is 7.85. The number of carbonyl (C=O) groups excluding carboxylic acids is 1. The van der Waals surface area contributed by atoms with Crippen LogP contribution in [0.5, 0.6) is 0 Å². The molecule has 0 amide bonds. The van der Waals surface area contributed by atoms with Gasteiger partial charge in [0.1, 0.15) is 0 Å². The molecule has 3 aliphatic carbocycles. The summed E-state index contributed by atoms with van der Waals surface area (Å²) in [6, 6.07) is 13.4. The average molecular weight is 705 g/mol. The molecule has 270 valence electrons. The number of ether oxygens (including phenoxy) is 2. The van der Waals surface area contributed by atoms with Crippen LogP contribution in [0.15, 0.2) is 106 Å². The van der Waals surface area contributed by atoms with Gasteiger partial charge in [0.15, 0.2) is 5.78 Å². The molecule has 2 aromatic rings. The maximum absolute atomic E-state index is 14.4. The standard InChI is InChI=1S/C41H44N4O7/c1-28-20-35(26-33-10-8-31(39(33)42-12-16-51-17-13-42)22-29-4-2-6-37(24-29)44(47)48)41(46)36(21-28)27-34-11-9-32(40(34)43-14-18-52-19-15-43)23-30-5-3-7-38(25-30)45(49)50/h2-7,22-28H,8-21H2,1H3/b31-22+,32-23+,35-26-,36-27-. The Balaban J connectivity index is 1.25. The lowest BCUT2D eigenvalue weighted by Gasteiger charge is -2.32. The van der Waals surface area contributed by atoms with Gasteiger partial charge < -0.3 is 19.3 Å². The third-order valence-electron chi connectivity index (χ3n) is 10.5. The smallest absolute Gasteiger partial charge is 0.270 e. The van der Waals surface area contributed by atoms with Gasteiger partial charge in [0.2, 0.25) is 0 Å². The van der Waals surface area contributed by atoms with E-state index >= 15 is 0 Å². The molecule has 0 radical (unpaired) electrons. The third-order valence-corrected chi connectivity index (χ3v) is 10.5. The Morgan fingerprint density at radius 2 is 1.06 bits per heavy atom. The molecular weight excluding hydrogens is 660 g/mol. The van der Waals surface area contributed by atoms with Crippen molar-refractivity contribution >= 4 is 29.3 Å². The second kappa shape index (κ2) is 15.6. The summed E-state index contributed by atoms with van der Waals surface area (Å²) in [5, 5.41) is 22.9. The molecule has 1 saturated carbocycles. The highest BCUT2D eigenvalue weighted by molar-refractivity contribution is 6.09. The Kier molecular flexibility index (Phi) is 10.6. The summed E-state index contributed by atoms with van der Waals surface area (Å²) in [5.74, 6) is 0.380. The minimum Gasteiger partial charge on any atom is -0.378 e. The van der Waals surface area contributed by atoms with Crippen LogP contribution < -0.4 is 0 Å². The molecular formula is C41H44N4O7. The summed E-state index contributed by atoms with van der Waals surface area (Å²) in [7, 11) is 0. The number of non-ortho nitro benzene ring substituents is 2. The van der Waals surface area contributed by atoms with Crippen molar-refractivity contribution in [2.24, 2.45) is 5.92 Å². The van der Waals surface area contributed by atoms with Crippen molar-refractivity contribution in [2.45, 2.75) is 45.4 Å². The van der Waals surface area contributed by atoms with Crippen LogP contribution in [0.1, 0.15) is 56.6 Å². The van der Waals surface area contributed by atoms with Crippen LogP contribution in [-0.4, -0.2) is 78.0 Å². The number of hydrogen-bond acceptors (Lipinski definition) is 9. The second-order valence-corrected chi connectivity index (χ2v) is 14.2. The zero-order valence-electron chi connectivity index (χ0n) is 29.6. The summed E-state index contributed by atoms with van der Waals surface area (Å²) in [4.78, 5) is 41.2. The molecule has 2 saturated heterocycles. The molecule has 3 fully saturated rings. The van der Waals surface area contributed by atoms with Gasteiger partial charge in [0, 0.05) is 73.0 Å². The van der Waals surface area contributed by atoms with Gasteiger partial charge in [-0.2, -0.15) is 0 Å². The molecule has 0 aromatic heterocycles. The number of nitro benzene ring substituents is 2. The number of hydrogen-bond donors (Lipinski definition) is 0. The first kappa shape index (κ1) is 35.3. The van der Waals surface area contributed by atoms with E-state index in [1.54, 1.807) is 24.3 Å². The van der Waals surface area contributed by atoms with Crippen molar-refractivity contribution in [2.75, 3.05) is 52.6 Å². The van der Waals surface area contributed by atoms with Crippen molar-refractivity contribution in [3.63, 3.8) is 0 Å². The monoisotopic (exact) mass is 704 g/mol. The normalized spacial score (nSPS) is 24.6. The molecule has 7 rings (SSSR count). The first-order chi connectivity index (χ1) is 25.2. The highest BCUT2D eigenvalue weighted by Crippen LogP contribution is 2.41. The van der Waals surface area contributed by atoms with Crippen molar-refractivity contribution < 1.29 is 24.1 Å². The molecule has 5 aliphatic rings. The van der Waals surface area contributed by atoms with E-state index in [9.17, 15) is 25.0 Å². The lowest BCUT2D eigenvalue weighted by molar-refractivity contribution is -0.385. The van der Waals surface area contributed by atoms with E-state index in [1.807, 2.05) is 12.1 Å². The molecule has 2 heterocycles. The number of rotatable bonds is 8. The summed E-state index contributed by atoms with van der Waals surface area (Å²) in [5.41, 5.74) is 10.1. The maximum Gasteiger partial charge on any atom is 0.270 e. The molecule has 0 unspecified atom stereocenters. The topological polar surface area (TPSA) is 128 Å². The first-order valence-electron chi connectivity index (χ1n) is 18.2. The van der Waals surface area contributed by atoms with Gasteiger partial charge >= 0.3 is 0 Å². The van der Waals surface area contributed by atoms with Gasteiger partial charge in [-0.25, -0.2) is 0 Å². The summed E-state index contributed by atoms with van der Waals surface area (Å²) < 4.78 is 11.4. The number of benzene rings is 2. The molecule has 52 heavy (non-hydrogen) atoms. The number of allylic oxidation sites excluding steroid dienone is 8. The Hall–Kier alpha value is -5.13. The van der Waals surface area contributed by atoms with Crippen LogP contribution in [0.25, 0.3) is 12.2 Å². The van der Waals surface area contributed by atoms with Gasteiger partial charge in [-0.05, 0) is 102 Å². The van der Waals surface area contributed by atoms with E-state index in [0.717, 1.165) is 108 Å². The average Bonchev–Trinajstić information content (AvgIpc) is 3.73. The molecule has 0 spiro atoms. The van der Waals surface area contributed by atoms with E-state index in [1.165, 1.54) is 12.1 Å². The summed E-state index contributed by atoms with van der Waals surface area (Å²) in [6.07, 6.45) is 12.9.